The second-order valence-electron chi connectivity index (χ2n) is 3.57. The Balaban J connectivity index is 2.17. The van der Waals surface area contributed by atoms with E-state index in [1.807, 2.05) is 30.3 Å². The average molecular weight is 241 g/mol. The summed E-state index contributed by atoms with van der Waals surface area (Å²) in [5, 5.41) is 8.02. The van der Waals surface area contributed by atoms with Gasteiger partial charge in [0.1, 0.15) is 0 Å². The summed E-state index contributed by atoms with van der Waals surface area (Å²) in [5.74, 6) is 1.73. The molecule has 0 saturated heterocycles. The Labute approximate surface area is 104 Å². The molecular weight excluding hydrogens is 230 g/mol. The molecule has 0 amide bonds. The lowest BCUT2D eigenvalue weighted by Gasteiger charge is -2.04. The van der Waals surface area contributed by atoms with Crippen LogP contribution in [0, 0.1) is 12.3 Å². The number of rotatable bonds is 3. The maximum absolute atomic E-state index is 11.6. The van der Waals surface area contributed by atoms with Crippen molar-refractivity contribution in [3.63, 3.8) is 0 Å². The number of aromatic nitrogens is 3. The third-order valence-corrected chi connectivity index (χ3v) is 2.21. The summed E-state index contributed by atoms with van der Waals surface area (Å²) >= 11 is 0. The average Bonchev–Trinajstić information content (AvgIpc) is 2.89. The van der Waals surface area contributed by atoms with E-state index in [1.54, 1.807) is 6.92 Å². The molecule has 0 bridgehead atoms. The fraction of sp³-hybridized carbons (Fsp3) is 0.154. The summed E-state index contributed by atoms with van der Waals surface area (Å²) in [5.41, 5.74) is 0.891. The molecule has 0 aliphatic heterocycles. The molecular formula is C13H11N3O2. The van der Waals surface area contributed by atoms with Crippen LogP contribution in [0.3, 0.4) is 0 Å². The number of ether oxygens (including phenoxy) is 1. The highest BCUT2D eigenvalue weighted by Gasteiger charge is 2.14. The number of hydrogen-bond donors (Lipinski definition) is 0. The topological polar surface area (TPSA) is 57.0 Å². The lowest BCUT2D eigenvalue weighted by molar-refractivity contribution is 0.0431. The number of carbonyl (C=O) groups is 1. The fourth-order valence-corrected chi connectivity index (χ4v) is 1.30. The van der Waals surface area contributed by atoms with E-state index in [4.69, 9.17) is 11.2 Å². The minimum Gasteiger partial charge on any atom is -0.445 e. The van der Waals surface area contributed by atoms with Crippen LogP contribution in [0.1, 0.15) is 17.4 Å². The van der Waals surface area contributed by atoms with Gasteiger partial charge in [0.15, 0.2) is 11.8 Å². The molecule has 0 saturated carbocycles. The van der Waals surface area contributed by atoms with Crippen molar-refractivity contribution >= 4 is 5.97 Å². The second-order valence-corrected chi connectivity index (χ2v) is 3.57. The van der Waals surface area contributed by atoms with Crippen LogP contribution in [0.5, 0.6) is 0 Å². The van der Waals surface area contributed by atoms with Gasteiger partial charge in [0, 0.05) is 0 Å². The summed E-state index contributed by atoms with van der Waals surface area (Å²) in [6, 6.07) is 9.27. The molecule has 1 atom stereocenters. The van der Waals surface area contributed by atoms with Crippen molar-refractivity contribution in [2.24, 2.45) is 0 Å². The molecule has 0 aliphatic rings. The largest absolute Gasteiger partial charge is 0.445 e. The molecule has 0 radical (unpaired) electrons. The molecule has 1 heterocycles. The number of hydrogen-bond acceptors (Lipinski definition) is 4. The summed E-state index contributed by atoms with van der Waals surface area (Å²) in [7, 11) is 0. The maximum atomic E-state index is 11.6. The van der Waals surface area contributed by atoms with Gasteiger partial charge in [-0.15, -0.1) is 11.5 Å². The second kappa shape index (κ2) is 5.15. The highest BCUT2D eigenvalue weighted by Crippen LogP contribution is 2.05. The standard InChI is InChI=1S/C13H11N3O2/c1-3-10(2)18-13(17)12-9-14-16(15-12)11-7-5-4-6-8-11/h1,4-10H,2H3/t10-/m0/s1. The number of benzene rings is 1. The van der Waals surface area contributed by atoms with E-state index in [1.165, 1.54) is 11.0 Å². The predicted molar refractivity (Wildman–Crippen MR) is 65.1 cm³/mol. The number of terminal acetylenes is 1. The van der Waals surface area contributed by atoms with Gasteiger partial charge < -0.3 is 4.74 Å². The van der Waals surface area contributed by atoms with Crippen LogP contribution in [0.2, 0.25) is 0 Å². The molecule has 0 unspecified atom stereocenters. The number of para-hydroxylation sites is 1. The van der Waals surface area contributed by atoms with Gasteiger partial charge in [0.2, 0.25) is 0 Å². The molecule has 0 N–H and O–H groups in total. The van der Waals surface area contributed by atoms with Crippen molar-refractivity contribution in [1.82, 2.24) is 15.0 Å². The number of nitrogens with zero attached hydrogens (tertiary/aromatic N) is 3. The highest BCUT2D eigenvalue weighted by molar-refractivity contribution is 5.87. The summed E-state index contributed by atoms with van der Waals surface area (Å²) < 4.78 is 4.94. The molecule has 1 aromatic carbocycles. The molecule has 0 spiro atoms. The van der Waals surface area contributed by atoms with E-state index in [0.717, 1.165) is 5.69 Å². The Morgan fingerprint density at radius 3 is 2.83 bits per heavy atom. The first kappa shape index (κ1) is 11.9. The minimum atomic E-state index is -0.584. The Morgan fingerprint density at radius 1 is 1.44 bits per heavy atom. The van der Waals surface area contributed by atoms with Crippen molar-refractivity contribution in [3.8, 4) is 18.0 Å². The zero-order valence-electron chi connectivity index (χ0n) is 9.78. The van der Waals surface area contributed by atoms with Gasteiger partial charge >= 0.3 is 5.97 Å². The van der Waals surface area contributed by atoms with Crippen LogP contribution in [0.4, 0.5) is 0 Å². The van der Waals surface area contributed by atoms with Gasteiger partial charge in [0.25, 0.3) is 0 Å². The van der Waals surface area contributed by atoms with E-state index < -0.39 is 12.1 Å². The molecule has 1 aromatic heterocycles. The Kier molecular flexibility index (Phi) is 3.39. The zero-order chi connectivity index (χ0) is 13.0. The monoisotopic (exact) mass is 241 g/mol. The Hall–Kier alpha value is -2.61. The Morgan fingerprint density at radius 2 is 2.17 bits per heavy atom. The van der Waals surface area contributed by atoms with Crippen LogP contribution in [0.15, 0.2) is 36.5 Å². The van der Waals surface area contributed by atoms with Crippen molar-refractivity contribution in [3.05, 3.63) is 42.2 Å². The van der Waals surface area contributed by atoms with Crippen LogP contribution in [-0.4, -0.2) is 27.1 Å². The third-order valence-electron chi connectivity index (χ3n) is 2.21. The third kappa shape index (κ3) is 2.55. The summed E-state index contributed by atoms with van der Waals surface area (Å²) in [6.45, 7) is 1.61. The van der Waals surface area contributed by atoms with E-state index in [-0.39, 0.29) is 5.69 Å². The maximum Gasteiger partial charge on any atom is 0.361 e. The van der Waals surface area contributed by atoms with E-state index in [2.05, 4.69) is 16.1 Å². The van der Waals surface area contributed by atoms with Crippen LogP contribution in [0.25, 0.3) is 5.69 Å². The van der Waals surface area contributed by atoms with E-state index in [9.17, 15) is 4.79 Å². The first-order chi connectivity index (χ1) is 8.70. The van der Waals surface area contributed by atoms with Gasteiger partial charge in [-0.05, 0) is 19.1 Å². The summed E-state index contributed by atoms with van der Waals surface area (Å²) in [6.07, 6.45) is 5.89. The molecule has 5 heteroatoms. The molecule has 0 fully saturated rings. The normalized spacial score (nSPS) is 11.6. The number of carbonyl (C=O) groups excluding carboxylic acids is 1. The molecule has 90 valence electrons. The quantitative estimate of drug-likeness (QED) is 0.602. The van der Waals surface area contributed by atoms with Crippen molar-refractivity contribution in [1.29, 1.82) is 0 Å². The first-order valence-electron chi connectivity index (χ1n) is 5.35. The van der Waals surface area contributed by atoms with Gasteiger partial charge in [-0.1, -0.05) is 24.1 Å². The SMILES string of the molecule is C#C[C@H](C)OC(=O)c1cnn(-c2ccccc2)n1. The first-order valence-corrected chi connectivity index (χ1v) is 5.35. The molecule has 5 nitrogen and oxygen atoms in total. The number of esters is 1. The molecule has 2 aromatic rings. The van der Waals surface area contributed by atoms with Crippen molar-refractivity contribution in [2.75, 3.05) is 0 Å². The van der Waals surface area contributed by atoms with Gasteiger partial charge in [-0.3, -0.25) is 0 Å². The fourth-order valence-electron chi connectivity index (χ4n) is 1.30. The van der Waals surface area contributed by atoms with Crippen molar-refractivity contribution < 1.29 is 9.53 Å². The van der Waals surface area contributed by atoms with E-state index >= 15 is 0 Å². The lowest BCUT2D eigenvalue weighted by Crippen LogP contribution is -2.14. The molecule has 0 aliphatic carbocycles. The van der Waals surface area contributed by atoms with Gasteiger partial charge in [0.05, 0.1) is 11.9 Å². The summed E-state index contributed by atoms with van der Waals surface area (Å²) in [4.78, 5) is 13.0. The van der Waals surface area contributed by atoms with Gasteiger partial charge in [-0.2, -0.15) is 9.90 Å². The smallest absolute Gasteiger partial charge is 0.361 e. The van der Waals surface area contributed by atoms with Gasteiger partial charge in [-0.25, -0.2) is 4.79 Å². The molecule has 2 rings (SSSR count). The Bertz CT molecular complexity index is 584. The lowest BCUT2D eigenvalue weighted by atomic mass is 10.3. The predicted octanol–water partition coefficient (Wildman–Crippen LogP) is 1.45. The molecule has 18 heavy (non-hydrogen) atoms. The van der Waals surface area contributed by atoms with Crippen LogP contribution >= 0.6 is 0 Å². The van der Waals surface area contributed by atoms with Crippen LogP contribution < -0.4 is 0 Å². The minimum absolute atomic E-state index is 0.126. The zero-order valence-corrected chi connectivity index (χ0v) is 9.78. The van der Waals surface area contributed by atoms with Crippen molar-refractivity contribution in [2.45, 2.75) is 13.0 Å². The van der Waals surface area contributed by atoms with Crippen LogP contribution in [-0.2, 0) is 4.74 Å². The highest BCUT2D eigenvalue weighted by atomic mass is 16.5. The van der Waals surface area contributed by atoms with E-state index in [0.29, 0.717) is 0 Å².